The summed E-state index contributed by atoms with van der Waals surface area (Å²) in [5, 5.41) is 4.41. The van der Waals surface area contributed by atoms with Crippen LogP contribution in [0.3, 0.4) is 0 Å². The van der Waals surface area contributed by atoms with Crippen LogP contribution in [0, 0.1) is 6.92 Å². The molecule has 0 aliphatic carbocycles. The second kappa shape index (κ2) is 4.80. The molecule has 2 heterocycles. The number of nitrogens with two attached hydrogens (primary N) is 1. The maximum atomic E-state index is 5.63. The lowest BCUT2D eigenvalue weighted by molar-refractivity contribution is 0.0903. The van der Waals surface area contributed by atoms with Gasteiger partial charge < -0.3 is 15.0 Å². The first kappa shape index (κ1) is 12.0. The Bertz CT molecular complexity index is 504. The molecule has 2 N–H and O–H groups in total. The van der Waals surface area contributed by atoms with Crippen LogP contribution in [-0.2, 0) is 4.74 Å². The van der Waals surface area contributed by atoms with E-state index >= 15 is 0 Å². The van der Waals surface area contributed by atoms with Gasteiger partial charge in [-0.2, -0.15) is 4.98 Å². The minimum Gasteiger partial charge on any atom is -0.375 e. The molecule has 0 aromatic carbocycles. The Morgan fingerprint density at radius 3 is 2.76 bits per heavy atom. The van der Waals surface area contributed by atoms with E-state index in [2.05, 4.69) is 15.1 Å². The minimum atomic E-state index is -0.141. The van der Waals surface area contributed by atoms with Crippen molar-refractivity contribution in [2.24, 2.45) is 0 Å². The zero-order valence-electron chi connectivity index (χ0n) is 9.93. The van der Waals surface area contributed by atoms with E-state index < -0.39 is 0 Å². The Balaban J connectivity index is 2.32. The SMILES string of the molecule is CCC(OC)c1noc(-c2sc(N)nc2C)n1. The van der Waals surface area contributed by atoms with Crippen molar-refractivity contribution in [1.29, 1.82) is 0 Å². The molecular formula is C10H14N4O2S. The fraction of sp³-hybridized carbons (Fsp3) is 0.500. The number of nitrogens with zero attached hydrogens (tertiary/aromatic N) is 3. The average molecular weight is 254 g/mol. The molecule has 1 unspecified atom stereocenters. The molecule has 0 aliphatic heterocycles. The third kappa shape index (κ3) is 2.29. The number of thiazole rings is 1. The standard InChI is InChI=1S/C10H14N4O2S/c1-4-6(15-3)8-13-9(16-14-8)7-5(2)12-10(11)17-7/h6H,4H2,1-3H3,(H2,11,12). The van der Waals surface area contributed by atoms with Crippen molar-refractivity contribution in [1.82, 2.24) is 15.1 Å². The van der Waals surface area contributed by atoms with Gasteiger partial charge in [0.1, 0.15) is 11.0 Å². The first-order chi connectivity index (χ1) is 8.15. The van der Waals surface area contributed by atoms with Crippen molar-refractivity contribution >= 4 is 16.5 Å². The minimum absolute atomic E-state index is 0.141. The van der Waals surface area contributed by atoms with Crippen LogP contribution in [-0.4, -0.2) is 22.2 Å². The van der Waals surface area contributed by atoms with Crippen molar-refractivity contribution in [3.8, 4) is 10.8 Å². The topological polar surface area (TPSA) is 87.1 Å². The van der Waals surface area contributed by atoms with E-state index in [0.29, 0.717) is 16.8 Å². The van der Waals surface area contributed by atoms with Crippen LogP contribution in [0.2, 0.25) is 0 Å². The van der Waals surface area contributed by atoms with E-state index in [1.54, 1.807) is 7.11 Å². The molecule has 17 heavy (non-hydrogen) atoms. The Kier molecular flexibility index (Phi) is 3.39. The maximum Gasteiger partial charge on any atom is 0.270 e. The summed E-state index contributed by atoms with van der Waals surface area (Å²) in [6.45, 7) is 3.86. The van der Waals surface area contributed by atoms with Gasteiger partial charge in [-0.3, -0.25) is 0 Å². The molecule has 0 spiro atoms. The van der Waals surface area contributed by atoms with E-state index in [9.17, 15) is 0 Å². The highest BCUT2D eigenvalue weighted by atomic mass is 32.1. The third-order valence-corrected chi connectivity index (χ3v) is 3.37. The summed E-state index contributed by atoms with van der Waals surface area (Å²) in [6, 6.07) is 0. The van der Waals surface area contributed by atoms with Crippen molar-refractivity contribution < 1.29 is 9.26 Å². The van der Waals surface area contributed by atoms with Gasteiger partial charge in [-0.25, -0.2) is 4.98 Å². The summed E-state index contributed by atoms with van der Waals surface area (Å²) in [7, 11) is 1.63. The summed E-state index contributed by atoms with van der Waals surface area (Å²) in [6.07, 6.45) is 0.650. The highest BCUT2D eigenvalue weighted by molar-refractivity contribution is 7.18. The van der Waals surface area contributed by atoms with E-state index in [1.165, 1.54) is 11.3 Å². The van der Waals surface area contributed by atoms with Crippen molar-refractivity contribution in [2.45, 2.75) is 26.4 Å². The number of ether oxygens (including phenoxy) is 1. The van der Waals surface area contributed by atoms with Crippen LogP contribution in [0.15, 0.2) is 4.52 Å². The molecule has 0 aliphatic rings. The molecule has 2 rings (SSSR count). The zero-order valence-corrected chi connectivity index (χ0v) is 10.7. The molecule has 1 atom stereocenters. The Hall–Kier alpha value is -1.47. The van der Waals surface area contributed by atoms with E-state index in [0.717, 1.165) is 17.0 Å². The number of nitrogen functional groups attached to an aromatic ring is 1. The third-order valence-electron chi connectivity index (χ3n) is 2.39. The zero-order chi connectivity index (χ0) is 12.4. The number of aryl methyl sites for hydroxylation is 1. The molecule has 0 amide bonds. The number of anilines is 1. The fourth-order valence-electron chi connectivity index (χ4n) is 1.53. The number of methoxy groups -OCH3 is 1. The lowest BCUT2D eigenvalue weighted by atomic mass is 10.2. The molecule has 2 aromatic heterocycles. The van der Waals surface area contributed by atoms with Crippen LogP contribution in [0.4, 0.5) is 5.13 Å². The summed E-state index contributed by atoms with van der Waals surface area (Å²) in [4.78, 5) is 9.24. The normalized spacial score (nSPS) is 12.9. The molecule has 0 radical (unpaired) electrons. The van der Waals surface area contributed by atoms with Gasteiger partial charge in [0.2, 0.25) is 5.82 Å². The number of rotatable bonds is 4. The lowest BCUT2D eigenvalue weighted by Crippen LogP contribution is -2.01. The van der Waals surface area contributed by atoms with Crippen LogP contribution in [0.25, 0.3) is 10.8 Å². The van der Waals surface area contributed by atoms with Crippen molar-refractivity contribution in [3.05, 3.63) is 11.5 Å². The van der Waals surface area contributed by atoms with E-state index in [1.807, 2.05) is 13.8 Å². The molecule has 7 heteroatoms. The van der Waals surface area contributed by atoms with Crippen molar-refractivity contribution in [3.63, 3.8) is 0 Å². The van der Waals surface area contributed by atoms with Gasteiger partial charge in [0, 0.05) is 7.11 Å². The summed E-state index contributed by atoms with van der Waals surface area (Å²) in [5.74, 6) is 0.999. The first-order valence-electron chi connectivity index (χ1n) is 5.25. The molecule has 0 fully saturated rings. The Labute approximate surface area is 103 Å². The Morgan fingerprint density at radius 2 is 2.24 bits per heavy atom. The van der Waals surface area contributed by atoms with Gasteiger partial charge in [0.05, 0.1) is 5.69 Å². The molecular weight excluding hydrogens is 240 g/mol. The summed E-state index contributed by atoms with van der Waals surface area (Å²) in [5.41, 5.74) is 6.43. The molecule has 0 bridgehead atoms. The van der Waals surface area contributed by atoms with Gasteiger partial charge in [0.25, 0.3) is 5.89 Å². The molecule has 0 saturated carbocycles. The van der Waals surface area contributed by atoms with Gasteiger partial charge in [0.15, 0.2) is 5.13 Å². The highest BCUT2D eigenvalue weighted by Gasteiger charge is 2.19. The number of hydrogen-bond acceptors (Lipinski definition) is 7. The van der Waals surface area contributed by atoms with Crippen molar-refractivity contribution in [2.75, 3.05) is 12.8 Å². The van der Waals surface area contributed by atoms with Crippen LogP contribution in [0.1, 0.15) is 31.0 Å². The van der Waals surface area contributed by atoms with Gasteiger partial charge in [-0.1, -0.05) is 23.4 Å². The second-order valence-corrected chi connectivity index (χ2v) is 4.59. The number of hydrogen-bond donors (Lipinski definition) is 1. The average Bonchev–Trinajstić information content (AvgIpc) is 2.87. The highest BCUT2D eigenvalue weighted by Crippen LogP contribution is 2.31. The quantitative estimate of drug-likeness (QED) is 0.899. The molecule has 6 nitrogen and oxygen atoms in total. The second-order valence-electron chi connectivity index (χ2n) is 3.56. The predicted octanol–water partition coefficient (Wildman–Crippen LogP) is 2.18. The summed E-state index contributed by atoms with van der Waals surface area (Å²) >= 11 is 1.34. The van der Waals surface area contributed by atoms with Gasteiger partial charge >= 0.3 is 0 Å². The molecule has 2 aromatic rings. The van der Waals surface area contributed by atoms with Crippen LogP contribution < -0.4 is 5.73 Å². The largest absolute Gasteiger partial charge is 0.375 e. The molecule has 0 saturated heterocycles. The van der Waals surface area contributed by atoms with Gasteiger partial charge in [-0.05, 0) is 13.3 Å². The van der Waals surface area contributed by atoms with E-state index in [4.69, 9.17) is 15.0 Å². The fourth-order valence-corrected chi connectivity index (χ4v) is 2.28. The monoisotopic (exact) mass is 254 g/mol. The lowest BCUT2D eigenvalue weighted by Gasteiger charge is -2.05. The predicted molar refractivity (Wildman–Crippen MR) is 64.6 cm³/mol. The van der Waals surface area contributed by atoms with E-state index in [-0.39, 0.29) is 6.10 Å². The first-order valence-corrected chi connectivity index (χ1v) is 6.07. The smallest absolute Gasteiger partial charge is 0.270 e. The maximum absolute atomic E-state index is 5.63. The summed E-state index contributed by atoms with van der Waals surface area (Å²) < 4.78 is 10.5. The number of aromatic nitrogens is 3. The van der Waals surface area contributed by atoms with Crippen LogP contribution in [0.5, 0.6) is 0 Å². The van der Waals surface area contributed by atoms with Gasteiger partial charge in [-0.15, -0.1) is 0 Å². The molecule has 92 valence electrons. The van der Waals surface area contributed by atoms with Crippen LogP contribution >= 0.6 is 11.3 Å². The Morgan fingerprint density at radius 1 is 1.47 bits per heavy atom.